The third kappa shape index (κ3) is 3.78. The summed E-state index contributed by atoms with van der Waals surface area (Å²) in [6.45, 7) is 1.19. The number of amides is 2. The molecule has 1 unspecified atom stereocenters. The normalized spacial score (nSPS) is 19.3. The number of carbonyl (C=O) groups excluding carboxylic acids is 2. The average molecular weight is 585 g/mol. The molecule has 29 heavy (non-hydrogen) atoms. The van der Waals surface area contributed by atoms with Crippen LogP contribution in [0, 0.1) is 5.82 Å². The second-order valence-electron chi connectivity index (χ2n) is 7.32. The van der Waals surface area contributed by atoms with E-state index in [9.17, 15) is 14.0 Å². The number of nitrogens with zero attached hydrogens (tertiary/aromatic N) is 3. The van der Waals surface area contributed by atoms with Crippen molar-refractivity contribution >= 4 is 55.0 Å². The molecule has 2 N–H and O–H groups in total. The van der Waals surface area contributed by atoms with Crippen LogP contribution in [0.25, 0.3) is 22.2 Å². The van der Waals surface area contributed by atoms with E-state index < -0.39 is 5.54 Å². The van der Waals surface area contributed by atoms with Gasteiger partial charge in [-0.25, -0.2) is 0 Å². The van der Waals surface area contributed by atoms with Gasteiger partial charge in [0.1, 0.15) is 0 Å². The topological polar surface area (TPSA) is 79.3 Å². The van der Waals surface area contributed by atoms with Crippen LogP contribution in [0.3, 0.4) is 0 Å². The van der Waals surface area contributed by atoms with Gasteiger partial charge in [-0.15, -0.1) is 0 Å². The van der Waals surface area contributed by atoms with Gasteiger partial charge in [0.2, 0.25) is 0 Å². The first kappa shape index (κ1) is 20.0. The molecule has 1 aromatic heterocycles. The molecule has 2 aromatic carbocycles. The minimum absolute atomic E-state index is 0.239. The Labute approximate surface area is 183 Å². The Bertz CT molecular complexity index is 1080. The van der Waals surface area contributed by atoms with E-state index in [0.717, 1.165) is 28.7 Å². The van der Waals surface area contributed by atoms with Gasteiger partial charge in [0.05, 0.1) is 0 Å². The third-order valence-electron chi connectivity index (χ3n) is 5.31. The number of aromatic nitrogens is 2. The van der Waals surface area contributed by atoms with Crippen LogP contribution in [0.4, 0.5) is 10.1 Å². The Morgan fingerprint density at radius 1 is 1.28 bits per heavy atom. The van der Waals surface area contributed by atoms with Crippen molar-refractivity contribution in [1.29, 1.82) is 0 Å². The molecule has 4 rings (SSSR count). The van der Waals surface area contributed by atoms with E-state index in [1.807, 2.05) is 32.6 Å². The number of benzene rings is 2. The van der Waals surface area contributed by atoms with Gasteiger partial charge in [-0.3, -0.25) is 0 Å². The van der Waals surface area contributed by atoms with E-state index >= 15 is 0 Å². The number of rotatable bonds is 5. The number of likely N-dealkylation sites (N-methyl/N-ethyl adjacent to an activating group) is 1. The second-order valence-corrected chi connectivity index (χ2v) is 9.22. The minimum atomic E-state index is -0.936. The first-order valence-electron chi connectivity index (χ1n) is 9.17. The number of halogens is 1. The number of hydrogen-bond donors (Lipinski definition) is 2. The molecular formula is C20H19FN5O2Tl. The molecule has 9 heteroatoms. The number of anilines is 1. The summed E-state index contributed by atoms with van der Waals surface area (Å²) < 4.78 is 15.2. The number of hydrogen-bond acceptors (Lipinski definition) is 4. The maximum atomic E-state index is 13.3. The van der Waals surface area contributed by atoms with Crippen molar-refractivity contribution in [3.05, 3.63) is 48.3 Å². The number of carbonyl (C=O) groups is 2. The molecule has 2 amide bonds. The molecule has 0 radical (unpaired) electrons. The van der Waals surface area contributed by atoms with E-state index in [0.29, 0.717) is 51.1 Å². The fraction of sp³-hybridized carbons (Fsp3) is 0.250. The predicted molar refractivity (Wildman–Crippen MR) is 109 cm³/mol. The van der Waals surface area contributed by atoms with E-state index in [1.165, 1.54) is 12.1 Å². The van der Waals surface area contributed by atoms with Crippen LogP contribution in [0.2, 0.25) is 0 Å². The molecule has 1 aliphatic heterocycles. The SMILES string of the molecule is CN1CCC(NC=O)(C(=O)Nc2ccc3c(c2)c(-c2ccc(F)cc2)n[n]3[Tl])C1. The van der Waals surface area contributed by atoms with E-state index in [4.69, 9.17) is 0 Å². The van der Waals surface area contributed by atoms with Crippen LogP contribution >= 0.6 is 0 Å². The molecule has 7 nitrogen and oxygen atoms in total. The first-order chi connectivity index (χ1) is 13.9. The Morgan fingerprint density at radius 3 is 2.69 bits per heavy atom. The van der Waals surface area contributed by atoms with Gasteiger partial charge in [-0.05, 0) is 0 Å². The van der Waals surface area contributed by atoms with Gasteiger partial charge < -0.3 is 0 Å². The monoisotopic (exact) mass is 585 g/mol. The van der Waals surface area contributed by atoms with Gasteiger partial charge in [0.25, 0.3) is 0 Å². The van der Waals surface area contributed by atoms with E-state index in [-0.39, 0.29) is 11.7 Å². The van der Waals surface area contributed by atoms with Crippen LogP contribution in [-0.4, -0.2) is 76.5 Å². The summed E-state index contributed by atoms with van der Waals surface area (Å²) in [5, 5.41) is 11.2. The van der Waals surface area contributed by atoms with E-state index in [2.05, 4.69) is 15.7 Å². The summed E-state index contributed by atoms with van der Waals surface area (Å²) in [4.78, 5) is 26.1. The zero-order valence-corrected chi connectivity index (χ0v) is 20.3. The van der Waals surface area contributed by atoms with Crippen molar-refractivity contribution in [3.63, 3.8) is 0 Å². The van der Waals surface area contributed by atoms with E-state index in [1.54, 1.807) is 12.1 Å². The second kappa shape index (κ2) is 7.82. The quantitative estimate of drug-likeness (QED) is 0.352. The Balaban J connectivity index is 1.68. The van der Waals surface area contributed by atoms with Crippen LogP contribution < -0.4 is 10.6 Å². The van der Waals surface area contributed by atoms with Crippen LogP contribution in [0.15, 0.2) is 42.5 Å². The summed E-state index contributed by atoms with van der Waals surface area (Å²) in [6.07, 6.45) is 1.14. The zero-order chi connectivity index (χ0) is 20.6. The first-order valence-corrected chi connectivity index (χ1v) is 11.2. The zero-order valence-electron chi connectivity index (χ0n) is 15.9. The fourth-order valence-electron chi connectivity index (χ4n) is 3.77. The molecule has 0 aliphatic carbocycles. The third-order valence-corrected chi connectivity index (χ3v) is 6.84. The molecular weight excluding hydrogens is 566 g/mol. The van der Waals surface area contributed by atoms with Gasteiger partial charge in [-0.2, -0.15) is 0 Å². The molecule has 1 fully saturated rings. The molecule has 0 saturated carbocycles. The fourth-order valence-corrected chi connectivity index (χ4v) is 5.10. The molecule has 2 heterocycles. The summed E-state index contributed by atoms with van der Waals surface area (Å²) in [7, 11) is 1.92. The number of likely N-dealkylation sites (tertiary alicyclic amines) is 1. The Kier molecular flexibility index (Phi) is 5.38. The Hall–Kier alpha value is -2.34. The van der Waals surface area contributed by atoms with Crippen molar-refractivity contribution in [1.82, 2.24) is 17.8 Å². The van der Waals surface area contributed by atoms with Crippen molar-refractivity contribution in [2.75, 3.05) is 25.5 Å². The van der Waals surface area contributed by atoms with Crippen molar-refractivity contribution in [2.45, 2.75) is 12.0 Å². The molecule has 1 saturated heterocycles. The van der Waals surface area contributed by atoms with Gasteiger partial charge in [-0.1, -0.05) is 0 Å². The van der Waals surface area contributed by atoms with Crippen LogP contribution in [-0.2, 0) is 9.59 Å². The van der Waals surface area contributed by atoms with Crippen LogP contribution in [0.5, 0.6) is 0 Å². The standard InChI is InChI=1S/C20H20FN5O2.Tl/c1-26-9-8-20(11-26,22-12-27)19(28)23-15-6-7-17-16(10-15)18(25-24-17)13-2-4-14(21)5-3-13;/h2-7,10,12H,8-9,11H2,1H3,(H3,22,23,24,25,27,28);/q;+1/p-1. The number of nitrogens with one attached hydrogen (secondary N) is 2. The summed E-state index contributed by atoms with van der Waals surface area (Å²) in [5.74, 6) is -0.538. The average Bonchev–Trinajstić information content (AvgIpc) is 3.24. The molecule has 1 atom stereocenters. The molecule has 0 bridgehead atoms. The van der Waals surface area contributed by atoms with Crippen LogP contribution in [0.1, 0.15) is 6.42 Å². The van der Waals surface area contributed by atoms with Crippen molar-refractivity contribution in [3.8, 4) is 11.3 Å². The summed E-state index contributed by atoms with van der Waals surface area (Å²) in [5.41, 5.74) is 2.23. The molecule has 1 aliphatic rings. The predicted octanol–water partition coefficient (Wildman–Crippen LogP) is 1.53. The van der Waals surface area contributed by atoms with Crippen molar-refractivity contribution < 1.29 is 14.0 Å². The number of fused-ring (bicyclic) bond motifs is 1. The molecule has 3 aromatic rings. The Morgan fingerprint density at radius 2 is 2.03 bits per heavy atom. The van der Waals surface area contributed by atoms with Crippen molar-refractivity contribution in [2.24, 2.45) is 0 Å². The molecule has 0 spiro atoms. The van der Waals surface area contributed by atoms with Gasteiger partial charge in [0, 0.05) is 0 Å². The van der Waals surface area contributed by atoms with Gasteiger partial charge >= 0.3 is 184 Å². The maximum absolute atomic E-state index is 13.3. The molecule has 146 valence electrons. The summed E-state index contributed by atoms with van der Waals surface area (Å²) in [6, 6.07) is 11.9. The van der Waals surface area contributed by atoms with Gasteiger partial charge in [0.15, 0.2) is 0 Å². The summed E-state index contributed by atoms with van der Waals surface area (Å²) >= 11 is 0.464.